The largest absolute Gasteiger partial charge is 0.346 e. The molecular weight excluding hydrogens is 306 g/mol. The lowest BCUT2D eigenvalue weighted by Gasteiger charge is -2.17. The number of aromatic nitrogens is 1. The van der Waals surface area contributed by atoms with Crippen LogP contribution in [0.3, 0.4) is 0 Å². The summed E-state index contributed by atoms with van der Waals surface area (Å²) in [6, 6.07) is 3.70. The second kappa shape index (κ2) is 8.06. The van der Waals surface area contributed by atoms with Crippen LogP contribution in [0.2, 0.25) is 5.15 Å². The summed E-state index contributed by atoms with van der Waals surface area (Å²) in [6.45, 7) is 1.57. The highest BCUT2D eigenvalue weighted by molar-refractivity contribution is 8.14. The van der Waals surface area contributed by atoms with E-state index >= 15 is 0 Å². The molecule has 2 rings (SSSR count). The molecule has 1 fully saturated rings. The molecule has 0 aliphatic carbocycles. The molecule has 0 aromatic carbocycles. The van der Waals surface area contributed by atoms with Gasteiger partial charge in [-0.2, -0.15) is 4.99 Å². The van der Waals surface area contributed by atoms with E-state index in [0.717, 1.165) is 23.0 Å². The molecule has 0 unspecified atom stereocenters. The van der Waals surface area contributed by atoms with Crippen molar-refractivity contribution in [1.29, 1.82) is 0 Å². The quantitative estimate of drug-likeness (QED) is 0.475. The third kappa shape index (κ3) is 5.07. The van der Waals surface area contributed by atoms with E-state index < -0.39 is 0 Å². The fourth-order valence-corrected chi connectivity index (χ4v) is 3.02. The van der Waals surface area contributed by atoms with Gasteiger partial charge in [0.15, 0.2) is 5.17 Å². The van der Waals surface area contributed by atoms with Gasteiger partial charge in [0.1, 0.15) is 5.15 Å². The molecule has 4 nitrogen and oxygen atoms in total. The van der Waals surface area contributed by atoms with Gasteiger partial charge in [-0.25, -0.2) is 4.98 Å². The van der Waals surface area contributed by atoms with E-state index in [0.29, 0.717) is 31.0 Å². The Morgan fingerprint density at radius 1 is 1.57 bits per heavy atom. The van der Waals surface area contributed by atoms with Crippen LogP contribution in [0.4, 0.5) is 0 Å². The number of hydrogen-bond acceptors (Lipinski definition) is 3. The lowest BCUT2D eigenvalue weighted by molar-refractivity contribution is -0.117. The molecule has 110 valence electrons. The number of halogens is 1. The lowest BCUT2D eigenvalue weighted by atomic mass is 10.2. The number of carbonyl (C=O) groups excluding carboxylic acids is 1. The summed E-state index contributed by atoms with van der Waals surface area (Å²) in [5, 5.41) is 1.27. The number of nitrogens with zero attached hydrogens (tertiary/aromatic N) is 3. The molecule has 0 saturated carbocycles. The predicted molar refractivity (Wildman–Crippen MR) is 87.2 cm³/mol. The van der Waals surface area contributed by atoms with Crippen molar-refractivity contribution >= 4 is 34.4 Å². The van der Waals surface area contributed by atoms with Crippen molar-refractivity contribution < 1.29 is 4.79 Å². The van der Waals surface area contributed by atoms with Gasteiger partial charge in [-0.05, 0) is 18.1 Å². The Morgan fingerprint density at radius 2 is 2.43 bits per heavy atom. The summed E-state index contributed by atoms with van der Waals surface area (Å²) in [7, 11) is 0. The van der Waals surface area contributed by atoms with Crippen LogP contribution in [0.1, 0.15) is 24.8 Å². The minimum Gasteiger partial charge on any atom is -0.346 e. The number of amides is 1. The van der Waals surface area contributed by atoms with Crippen molar-refractivity contribution in [3.63, 3.8) is 0 Å². The van der Waals surface area contributed by atoms with E-state index in [1.807, 2.05) is 6.07 Å². The predicted octanol–water partition coefficient (Wildman–Crippen LogP) is 2.97. The highest BCUT2D eigenvalue weighted by atomic mass is 35.5. The van der Waals surface area contributed by atoms with Crippen molar-refractivity contribution in [1.82, 2.24) is 9.88 Å². The topological polar surface area (TPSA) is 45.6 Å². The number of aliphatic imine (C=N–C) groups is 1. The third-order valence-electron chi connectivity index (χ3n) is 2.96. The number of hydrogen-bond donors (Lipinski definition) is 0. The Kier molecular flexibility index (Phi) is 6.09. The van der Waals surface area contributed by atoms with Gasteiger partial charge < -0.3 is 4.90 Å². The molecule has 0 N–H and O–H groups in total. The number of terminal acetylenes is 1. The highest BCUT2D eigenvalue weighted by Gasteiger charge is 2.20. The molecule has 1 aromatic heterocycles. The van der Waals surface area contributed by atoms with Crippen molar-refractivity contribution in [3.8, 4) is 12.3 Å². The van der Waals surface area contributed by atoms with Gasteiger partial charge in [0.2, 0.25) is 5.91 Å². The number of rotatable bonds is 5. The van der Waals surface area contributed by atoms with Crippen molar-refractivity contribution in [2.24, 2.45) is 4.99 Å². The zero-order valence-corrected chi connectivity index (χ0v) is 13.2. The number of thioether (sulfide) groups is 1. The second-order valence-corrected chi connectivity index (χ2v) is 6.05. The molecule has 1 aromatic rings. The van der Waals surface area contributed by atoms with Crippen molar-refractivity contribution in [2.75, 3.05) is 12.3 Å². The Labute approximate surface area is 134 Å². The average Bonchev–Trinajstić information content (AvgIpc) is 2.89. The normalized spacial score (nSPS) is 16.2. The van der Waals surface area contributed by atoms with Crippen LogP contribution in [0.25, 0.3) is 0 Å². The van der Waals surface area contributed by atoms with E-state index in [1.165, 1.54) is 0 Å². The molecule has 1 saturated heterocycles. The first-order valence-corrected chi connectivity index (χ1v) is 8.08. The molecule has 0 radical (unpaired) electrons. The van der Waals surface area contributed by atoms with E-state index in [9.17, 15) is 4.79 Å². The number of carbonyl (C=O) groups is 1. The Bertz CT molecular complexity index is 565. The number of pyridine rings is 1. The SMILES string of the molecule is C#CCCCC(=O)/N=C1\SCCN1Cc1ccc(Cl)nc1. The minimum absolute atomic E-state index is 0.103. The van der Waals surface area contributed by atoms with Gasteiger partial charge >= 0.3 is 0 Å². The Hall–Kier alpha value is -1.51. The van der Waals surface area contributed by atoms with Gasteiger partial charge in [-0.3, -0.25) is 4.79 Å². The Balaban J connectivity index is 1.95. The first kappa shape index (κ1) is 15.9. The van der Waals surface area contributed by atoms with Crippen LogP contribution < -0.4 is 0 Å². The fraction of sp³-hybridized carbons (Fsp3) is 0.400. The molecule has 0 atom stereocenters. The molecule has 1 aliphatic rings. The van der Waals surface area contributed by atoms with Gasteiger partial charge in [0.25, 0.3) is 0 Å². The molecule has 1 aliphatic heterocycles. The Morgan fingerprint density at radius 3 is 3.14 bits per heavy atom. The molecular formula is C15H16ClN3OS. The van der Waals surface area contributed by atoms with E-state index in [2.05, 4.69) is 20.8 Å². The number of amidine groups is 1. The molecule has 0 spiro atoms. The van der Waals surface area contributed by atoms with Gasteiger partial charge in [0.05, 0.1) is 0 Å². The molecule has 0 bridgehead atoms. The summed E-state index contributed by atoms with van der Waals surface area (Å²) in [5.41, 5.74) is 1.05. The average molecular weight is 322 g/mol. The first-order chi connectivity index (χ1) is 10.2. The molecule has 1 amide bonds. The van der Waals surface area contributed by atoms with E-state index in [-0.39, 0.29) is 5.91 Å². The summed E-state index contributed by atoms with van der Waals surface area (Å²) >= 11 is 7.38. The maximum atomic E-state index is 11.8. The monoisotopic (exact) mass is 321 g/mol. The van der Waals surface area contributed by atoms with Crippen LogP contribution in [-0.4, -0.2) is 33.3 Å². The van der Waals surface area contributed by atoms with Gasteiger partial charge in [-0.15, -0.1) is 12.3 Å². The standard InChI is InChI=1S/C15H16ClN3OS/c1-2-3-4-5-14(20)18-15-19(8-9-21-15)11-12-6-7-13(16)17-10-12/h1,6-7,10H,3-5,8-9,11H2/b18-15-. The first-order valence-electron chi connectivity index (χ1n) is 6.72. The molecule has 6 heteroatoms. The van der Waals surface area contributed by atoms with E-state index in [4.69, 9.17) is 18.0 Å². The zero-order valence-electron chi connectivity index (χ0n) is 11.6. The van der Waals surface area contributed by atoms with Crippen LogP contribution in [-0.2, 0) is 11.3 Å². The zero-order chi connectivity index (χ0) is 15.1. The maximum absolute atomic E-state index is 11.8. The summed E-state index contributed by atoms with van der Waals surface area (Å²) in [4.78, 5) is 22.1. The van der Waals surface area contributed by atoms with Crippen molar-refractivity contribution in [3.05, 3.63) is 29.0 Å². The summed E-state index contributed by atoms with van der Waals surface area (Å²) < 4.78 is 0. The van der Waals surface area contributed by atoms with Gasteiger partial charge in [0, 0.05) is 37.9 Å². The highest BCUT2D eigenvalue weighted by Crippen LogP contribution is 2.21. The lowest BCUT2D eigenvalue weighted by Crippen LogP contribution is -2.24. The summed E-state index contributed by atoms with van der Waals surface area (Å²) in [5.74, 6) is 3.37. The second-order valence-electron chi connectivity index (χ2n) is 4.60. The molecule has 21 heavy (non-hydrogen) atoms. The van der Waals surface area contributed by atoms with Crippen LogP contribution in [0.15, 0.2) is 23.3 Å². The maximum Gasteiger partial charge on any atom is 0.248 e. The molecule has 2 heterocycles. The summed E-state index contributed by atoms with van der Waals surface area (Å²) in [6.07, 6.45) is 8.63. The van der Waals surface area contributed by atoms with Crippen LogP contribution >= 0.6 is 23.4 Å². The fourth-order valence-electron chi connectivity index (χ4n) is 1.91. The van der Waals surface area contributed by atoms with Gasteiger partial charge in [-0.1, -0.05) is 29.4 Å². The van der Waals surface area contributed by atoms with Crippen molar-refractivity contribution in [2.45, 2.75) is 25.8 Å². The van der Waals surface area contributed by atoms with Crippen LogP contribution in [0, 0.1) is 12.3 Å². The minimum atomic E-state index is -0.103. The number of unbranched alkanes of at least 4 members (excludes halogenated alkanes) is 1. The van der Waals surface area contributed by atoms with E-state index in [1.54, 1.807) is 24.0 Å². The van der Waals surface area contributed by atoms with Crippen LogP contribution in [0.5, 0.6) is 0 Å². The third-order valence-corrected chi connectivity index (χ3v) is 4.18. The smallest absolute Gasteiger partial charge is 0.248 e.